The molecule has 51 heavy (non-hydrogen) atoms. The van der Waals surface area contributed by atoms with Crippen molar-refractivity contribution in [2.24, 2.45) is 0 Å². The summed E-state index contributed by atoms with van der Waals surface area (Å²) in [5.74, 6) is -2.15. The molecule has 0 saturated carbocycles. The molecule has 1 aromatic heterocycles. The third-order valence-corrected chi connectivity index (χ3v) is 8.85. The van der Waals surface area contributed by atoms with E-state index >= 15 is 0 Å². The lowest BCUT2D eigenvalue weighted by Gasteiger charge is -2.22. The monoisotopic (exact) mass is 733 g/mol. The molecular weight excluding hydrogens is 695 g/mol. The summed E-state index contributed by atoms with van der Waals surface area (Å²) in [7, 11) is -3.62. The number of nitrogens with zero attached hydrogens (tertiary/aromatic N) is 1. The molecule has 4 aromatic rings. The number of alkyl halides is 3. The van der Waals surface area contributed by atoms with Gasteiger partial charge in [-0.25, -0.2) is 18.2 Å². The fraction of sp³-hybridized carbons (Fsp3) is 0.294. The number of pyridine rings is 1. The molecule has 1 atom stereocenters. The second-order valence-electron chi connectivity index (χ2n) is 10.7. The Morgan fingerprint density at radius 2 is 1.53 bits per heavy atom. The molecule has 3 aromatic carbocycles. The molecule has 274 valence electrons. The lowest BCUT2D eigenvalue weighted by atomic mass is 10.0. The van der Waals surface area contributed by atoms with E-state index in [-0.39, 0.29) is 23.1 Å². The van der Waals surface area contributed by atoms with Gasteiger partial charge in [-0.2, -0.15) is 13.2 Å². The standard InChI is InChI=1S/C32H37N5O6S.C2HF3O2/c1-5-42-26-16-22(17-27(18-26)43-6-2)30(37-25-8-10-28-21(14-25)12-13-34-31(28)33)32(39)35-19-23-15-24(36-20(4)38)9-11-29(23)44(40,41)7-3;3-2(4,5)1(6)7/h8-18,30,37H,5-7,19H2,1-4H3,(H2,33,34)(H,35,39)(H,36,38);(H,6,7). The van der Waals surface area contributed by atoms with Crippen LogP contribution in [0.1, 0.15) is 44.9 Å². The Kier molecular flexibility index (Phi) is 13.6. The minimum absolute atomic E-state index is 0.0802. The molecule has 2 amide bonds. The molecule has 4 rings (SSSR count). The first-order valence-electron chi connectivity index (χ1n) is 15.5. The Balaban J connectivity index is 0.000000908. The van der Waals surface area contributed by atoms with Crippen LogP contribution in [0.15, 0.2) is 71.8 Å². The second kappa shape index (κ2) is 17.4. The van der Waals surface area contributed by atoms with Gasteiger partial charge in [-0.1, -0.05) is 6.92 Å². The highest BCUT2D eigenvalue weighted by atomic mass is 32.2. The fourth-order valence-corrected chi connectivity index (χ4v) is 5.88. The third-order valence-electron chi connectivity index (χ3n) is 7.02. The van der Waals surface area contributed by atoms with Crippen molar-refractivity contribution in [1.29, 1.82) is 0 Å². The van der Waals surface area contributed by atoms with Crippen LogP contribution in [0.2, 0.25) is 0 Å². The Morgan fingerprint density at radius 3 is 2.08 bits per heavy atom. The maximum Gasteiger partial charge on any atom is 0.490 e. The minimum atomic E-state index is -5.08. The van der Waals surface area contributed by atoms with Crippen molar-refractivity contribution in [2.75, 3.05) is 35.3 Å². The van der Waals surface area contributed by atoms with E-state index in [1.807, 2.05) is 32.0 Å². The summed E-state index contributed by atoms with van der Waals surface area (Å²) in [5.41, 5.74) is 8.01. The zero-order valence-electron chi connectivity index (χ0n) is 28.1. The number of carbonyl (C=O) groups is 3. The van der Waals surface area contributed by atoms with E-state index in [1.165, 1.54) is 19.1 Å². The molecule has 1 heterocycles. The summed E-state index contributed by atoms with van der Waals surface area (Å²) in [6.45, 7) is 7.36. The van der Waals surface area contributed by atoms with Crippen molar-refractivity contribution in [3.8, 4) is 11.5 Å². The van der Waals surface area contributed by atoms with E-state index in [1.54, 1.807) is 43.5 Å². The highest BCUT2D eigenvalue weighted by Gasteiger charge is 2.38. The van der Waals surface area contributed by atoms with Gasteiger partial charge >= 0.3 is 12.1 Å². The molecular formula is C34H38F3N5O8S. The molecule has 1 unspecified atom stereocenters. The number of rotatable bonds is 13. The number of carboxylic acid groups (broad SMARTS) is 1. The number of aliphatic carboxylic acids is 1. The number of fused-ring (bicyclic) bond motifs is 1. The Morgan fingerprint density at radius 1 is 0.922 bits per heavy atom. The van der Waals surface area contributed by atoms with Gasteiger partial charge in [-0.15, -0.1) is 0 Å². The number of amides is 2. The second-order valence-corrected chi connectivity index (χ2v) is 13.0. The van der Waals surface area contributed by atoms with Crippen molar-refractivity contribution in [1.82, 2.24) is 10.3 Å². The molecule has 0 aliphatic carbocycles. The largest absolute Gasteiger partial charge is 0.494 e. The van der Waals surface area contributed by atoms with Crippen molar-refractivity contribution in [3.63, 3.8) is 0 Å². The number of hydrogen-bond donors (Lipinski definition) is 5. The number of anilines is 3. The molecule has 0 saturated heterocycles. The van der Waals surface area contributed by atoms with Crippen LogP contribution in [-0.2, 0) is 30.8 Å². The van der Waals surface area contributed by atoms with Gasteiger partial charge in [0.05, 0.1) is 23.9 Å². The number of nitrogens with two attached hydrogens (primary N) is 1. The van der Waals surface area contributed by atoms with Crippen molar-refractivity contribution in [3.05, 3.63) is 78.0 Å². The number of ether oxygens (including phenoxy) is 2. The zero-order chi connectivity index (χ0) is 37.9. The average molecular weight is 734 g/mol. The van der Waals surface area contributed by atoms with Gasteiger partial charge in [0.25, 0.3) is 0 Å². The molecule has 0 spiro atoms. The molecule has 0 radical (unpaired) electrons. The first kappa shape index (κ1) is 39.9. The van der Waals surface area contributed by atoms with Crippen LogP contribution in [-0.4, -0.2) is 61.4 Å². The Hall–Kier alpha value is -5.58. The van der Waals surface area contributed by atoms with Crippen molar-refractivity contribution >= 4 is 55.6 Å². The summed E-state index contributed by atoms with van der Waals surface area (Å²) in [5, 5.41) is 17.6. The zero-order valence-corrected chi connectivity index (χ0v) is 28.9. The normalized spacial score (nSPS) is 11.8. The maximum atomic E-state index is 14.0. The van der Waals surface area contributed by atoms with Gasteiger partial charge in [-0.3, -0.25) is 9.59 Å². The van der Waals surface area contributed by atoms with Crippen LogP contribution in [0.4, 0.5) is 30.4 Å². The van der Waals surface area contributed by atoms with Gasteiger partial charge in [-0.05, 0) is 85.0 Å². The fourth-order valence-electron chi connectivity index (χ4n) is 4.76. The number of sulfone groups is 1. The molecule has 0 aliphatic rings. The average Bonchev–Trinajstić information content (AvgIpc) is 3.06. The first-order chi connectivity index (χ1) is 24.0. The number of benzene rings is 3. The number of halogens is 3. The predicted molar refractivity (Wildman–Crippen MR) is 185 cm³/mol. The van der Waals surface area contributed by atoms with Gasteiger partial charge in [0.15, 0.2) is 9.84 Å². The first-order valence-corrected chi connectivity index (χ1v) is 17.2. The van der Waals surface area contributed by atoms with Gasteiger partial charge in [0.2, 0.25) is 11.8 Å². The van der Waals surface area contributed by atoms with Crippen molar-refractivity contribution in [2.45, 2.75) is 51.4 Å². The molecule has 6 N–H and O–H groups in total. The Labute approximate surface area is 292 Å². The minimum Gasteiger partial charge on any atom is -0.494 e. The third kappa shape index (κ3) is 11.2. The number of nitrogens with one attached hydrogen (secondary N) is 3. The van der Waals surface area contributed by atoms with E-state index in [0.29, 0.717) is 53.0 Å². The SMILES string of the molecule is CCOc1cc(OCC)cc(C(Nc2ccc3c(N)nccc3c2)C(=O)NCc2cc(NC(C)=O)ccc2S(=O)(=O)CC)c1.O=C(O)C(F)(F)F. The topological polar surface area (TPSA) is 199 Å². The predicted octanol–water partition coefficient (Wildman–Crippen LogP) is 5.47. The number of aromatic nitrogens is 1. The smallest absolute Gasteiger partial charge is 0.490 e. The van der Waals surface area contributed by atoms with Crippen LogP contribution in [0.25, 0.3) is 10.8 Å². The van der Waals surface area contributed by atoms with E-state index in [2.05, 4.69) is 20.9 Å². The highest BCUT2D eigenvalue weighted by molar-refractivity contribution is 7.91. The summed E-state index contributed by atoms with van der Waals surface area (Å²) in [6.07, 6.45) is -3.47. The lowest BCUT2D eigenvalue weighted by molar-refractivity contribution is -0.192. The summed E-state index contributed by atoms with van der Waals surface area (Å²) in [6, 6.07) is 16.2. The quantitative estimate of drug-likeness (QED) is 0.117. The molecule has 0 bridgehead atoms. The molecule has 0 aliphatic heterocycles. The van der Waals surface area contributed by atoms with Crippen LogP contribution >= 0.6 is 0 Å². The van der Waals surface area contributed by atoms with Crippen molar-refractivity contribution < 1.29 is 50.6 Å². The highest BCUT2D eigenvalue weighted by Crippen LogP contribution is 2.31. The van der Waals surface area contributed by atoms with Crippen LogP contribution < -0.4 is 31.2 Å². The maximum absolute atomic E-state index is 14.0. The lowest BCUT2D eigenvalue weighted by Crippen LogP contribution is -2.33. The van der Waals surface area contributed by atoms with E-state index < -0.39 is 33.9 Å². The number of hydrogen-bond acceptors (Lipinski definition) is 10. The van der Waals surface area contributed by atoms with Crippen LogP contribution in [0.5, 0.6) is 11.5 Å². The van der Waals surface area contributed by atoms with E-state index in [9.17, 15) is 31.2 Å². The summed E-state index contributed by atoms with van der Waals surface area (Å²) < 4.78 is 69.0. The van der Waals surface area contributed by atoms with Gasteiger partial charge < -0.3 is 36.3 Å². The Bertz CT molecular complexity index is 1970. The number of carbonyl (C=O) groups excluding carboxylic acids is 2. The number of carboxylic acids is 1. The van der Waals surface area contributed by atoms with Gasteiger partial charge in [0, 0.05) is 42.5 Å². The molecule has 13 nitrogen and oxygen atoms in total. The molecule has 17 heteroatoms. The van der Waals surface area contributed by atoms with E-state index in [4.69, 9.17) is 25.1 Å². The molecule has 0 fully saturated rings. The summed E-state index contributed by atoms with van der Waals surface area (Å²) >= 11 is 0. The number of nitrogen functional groups attached to an aromatic ring is 1. The summed E-state index contributed by atoms with van der Waals surface area (Å²) in [4.78, 5) is 38.7. The van der Waals surface area contributed by atoms with Gasteiger partial charge in [0.1, 0.15) is 23.4 Å². The van der Waals surface area contributed by atoms with E-state index in [0.717, 1.165) is 10.8 Å². The van der Waals surface area contributed by atoms with Crippen LogP contribution in [0.3, 0.4) is 0 Å². The van der Waals surface area contributed by atoms with Crippen LogP contribution in [0, 0.1) is 0 Å².